The summed E-state index contributed by atoms with van der Waals surface area (Å²) in [5.41, 5.74) is 1.06. The topological polar surface area (TPSA) is 65.1 Å². The van der Waals surface area contributed by atoms with Crippen LogP contribution < -0.4 is 9.47 Å². The van der Waals surface area contributed by atoms with Crippen molar-refractivity contribution in [3.8, 4) is 11.5 Å². The Balaban J connectivity index is 2.81. The number of carbonyl (C=O) groups excluding carboxylic acids is 2. The zero-order valence-electron chi connectivity index (χ0n) is 17.2. The normalized spacial score (nSPS) is 10.6. The quantitative estimate of drug-likeness (QED) is 0.520. The molecule has 1 aromatic carbocycles. The van der Waals surface area contributed by atoms with E-state index >= 15 is 0 Å². The van der Waals surface area contributed by atoms with Crippen molar-refractivity contribution in [2.75, 3.05) is 33.4 Å². The molecule has 0 atom stereocenters. The lowest BCUT2D eigenvalue weighted by Gasteiger charge is -2.23. The van der Waals surface area contributed by atoms with Gasteiger partial charge in [-0.15, -0.1) is 0 Å². The zero-order chi connectivity index (χ0) is 20.2. The molecule has 1 rings (SSSR count). The number of nitrogens with zero attached hydrogens (tertiary/aromatic N) is 1. The summed E-state index contributed by atoms with van der Waals surface area (Å²) in [5.74, 6) is 1.46. The minimum Gasteiger partial charge on any atom is -0.490 e. The molecule has 0 aliphatic carbocycles. The first-order chi connectivity index (χ1) is 12.9. The van der Waals surface area contributed by atoms with E-state index in [1.807, 2.05) is 45.9 Å². The van der Waals surface area contributed by atoms with E-state index in [9.17, 15) is 9.59 Å². The van der Waals surface area contributed by atoms with Crippen LogP contribution in [0.4, 0.5) is 0 Å². The second-order valence-corrected chi connectivity index (χ2v) is 6.70. The molecule has 6 heteroatoms. The molecule has 0 aromatic heterocycles. The Bertz CT molecular complexity index is 600. The summed E-state index contributed by atoms with van der Waals surface area (Å²) in [4.78, 5) is 25.7. The van der Waals surface area contributed by atoms with Gasteiger partial charge in [0.15, 0.2) is 11.5 Å². The highest BCUT2D eigenvalue weighted by Gasteiger charge is 2.17. The number of rotatable bonds is 12. The van der Waals surface area contributed by atoms with E-state index < -0.39 is 0 Å². The molecule has 0 radical (unpaired) electrons. The van der Waals surface area contributed by atoms with Crippen LogP contribution in [0, 0.1) is 5.92 Å². The van der Waals surface area contributed by atoms with E-state index in [0.29, 0.717) is 44.9 Å². The Morgan fingerprint density at radius 1 is 1.04 bits per heavy atom. The van der Waals surface area contributed by atoms with Gasteiger partial charge in [0, 0.05) is 19.5 Å². The summed E-state index contributed by atoms with van der Waals surface area (Å²) in [7, 11) is 1.36. The zero-order valence-corrected chi connectivity index (χ0v) is 17.2. The van der Waals surface area contributed by atoms with E-state index in [0.717, 1.165) is 11.3 Å². The summed E-state index contributed by atoms with van der Waals surface area (Å²) in [6, 6.07) is 5.84. The molecule has 0 N–H and O–H groups in total. The average Bonchev–Trinajstić information content (AvgIpc) is 2.63. The summed E-state index contributed by atoms with van der Waals surface area (Å²) in [6.45, 7) is 9.93. The standard InChI is InChI=1S/C21H33NO5/c1-6-26-18-9-8-17(15-19(18)27-7-2)10-12-22(13-11-21(24)25-5)20(23)14-16(3)4/h8-9,15-16H,6-7,10-14H2,1-5H3. The fraction of sp³-hybridized carbons (Fsp3) is 0.619. The van der Waals surface area contributed by atoms with Gasteiger partial charge >= 0.3 is 5.97 Å². The molecule has 152 valence electrons. The van der Waals surface area contributed by atoms with Gasteiger partial charge in [-0.25, -0.2) is 0 Å². The van der Waals surface area contributed by atoms with Gasteiger partial charge in [-0.05, 0) is 43.9 Å². The van der Waals surface area contributed by atoms with Crippen LogP contribution in [0.5, 0.6) is 11.5 Å². The largest absolute Gasteiger partial charge is 0.490 e. The minimum atomic E-state index is -0.308. The fourth-order valence-electron chi connectivity index (χ4n) is 2.68. The van der Waals surface area contributed by atoms with Crippen molar-refractivity contribution < 1.29 is 23.8 Å². The van der Waals surface area contributed by atoms with Crippen molar-refractivity contribution in [1.82, 2.24) is 4.90 Å². The van der Waals surface area contributed by atoms with Crippen molar-refractivity contribution in [2.45, 2.75) is 47.0 Å². The second-order valence-electron chi connectivity index (χ2n) is 6.70. The van der Waals surface area contributed by atoms with Crippen LogP contribution in [-0.4, -0.2) is 50.2 Å². The van der Waals surface area contributed by atoms with Gasteiger partial charge in [0.1, 0.15) is 0 Å². The lowest BCUT2D eigenvalue weighted by atomic mass is 10.1. The summed E-state index contributed by atoms with van der Waals surface area (Å²) in [6.07, 6.45) is 1.35. The van der Waals surface area contributed by atoms with Crippen LogP contribution in [0.15, 0.2) is 18.2 Å². The molecule has 27 heavy (non-hydrogen) atoms. The molecule has 0 aliphatic heterocycles. The highest BCUT2D eigenvalue weighted by molar-refractivity contribution is 5.77. The molecular formula is C21H33NO5. The Morgan fingerprint density at radius 3 is 2.30 bits per heavy atom. The molecule has 1 amide bonds. The second kappa shape index (κ2) is 12.2. The summed E-state index contributed by atoms with van der Waals surface area (Å²) >= 11 is 0. The summed E-state index contributed by atoms with van der Waals surface area (Å²) < 4.78 is 15.9. The van der Waals surface area contributed by atoms with Crippen LogP contribution in [-0.2, 0) is 20.7 Å². The maximum absolute atomic E-state index is 12.5. The lowest BCUT2D eigenvalue weighted by Crippen LogP contribution is -2.35. The fourth-order valence-corrected chi connectivity index (χ4v) is 2.68. The van der Waals surface area contributed by atoms with E-state index in [1.54, 1.807) is 4.90 Å². The number of hydrogen-bond acceptors (Lipinski definition) is 5. The van der Waals surface area contributed by atoms with E-state index in [-0.39, 0.29) is 24.2 Å². The first kappa shape index (κ1) is 22.8. The predicted octanol–water partition coefficient (Wildman–Crippen LogP) is 3.46. The number of hydrogen-bond donors (Lipinski definition) is 0. The number of carbonyl (C=O) groups is 2. The summed E-state index contributed by atoms with van der Waals surface area (Å²) in [5, 5.41) is 0. The molecule has 6 nitrogen and oxygen atoms in total. The van der Waals surface area contributed by atoms with Gasteiger partial charge in [0.05, 0.1) is 26.7 Å². The Hall–Kier alpha value is -2.24. The van der Waals surface area contributed by atoms with Crippen LogP contribution in [0.2, 0.25) is 0 Å². The molecule has 1 aromatic rings. The molecule has 0 aliphatic rings. The Morgan fingerprint density at radius 2 is 1.70 bits per heavy atom. The van der Waals surface area contributed by atoms with Gasteiger partial charge in [-0.3, -0.25) is 9.59 Å². The third-order valence-electron chi connectivity index (χ3n) is 4.03. The number of esters is 1. The molecule has 0 bridgehead atoms. The first-order valence-corrected chi connectivity index (χ1v) is 9.64. The maximum Gasteiger partial charge on any atom is 0.307 e. The molecule has 0 saturated carbocycles. The van der Waals surface area contributed by atoms with E-state index in [2.05, 4.69) is 0 Å². The van der Waals surface area contributed by atoms with E-state index in [4.69, 9.17) is 14.2 Å². The smallest absolute Gasteiger partial charge is 0.307 e. The van der Waals surface area contributed by atoms with Crippen LogP contribution in [0.1, 0.15) is 46.1 Å². The number of methoxy groups -OCH3 is 1. The molecule has 0 unspecified atom stereocenters. The van der Waals surface area contributed by atoms with Gasteiger partial charge in [-0.1, -0.05) is 19.9 Å². The lowest BCUT2D eigenvalue weighted by molar-refractivity contribution is -0.141. The number of benzene rings is 1. The third-order valence-corrected chi connectivity index (χ3v) is 4.03. The SMILES string of the molecule is CCOc1ccc(CCN(CCC(=O)OC)C(=O)CC(C)C)cc1OCC. The maximum atomic E-state index is 12.5. The van der Waals surface area contributed by atoms with E-state index in [1.165, 1.54) is 7.11 Å². The van der Waals surface area contributed by atoms with Gasteiger partial charge in [0.2, 0.25) is 5.91 Å². The van der Waals surface area contributed by atoms with Crippen LogP contribution in [0.3, 0.4) is 0 Å². The Kier molecular flexibility index (Phi) is 10.3. The van der Waals surface area contributed by atoms with Crippen molar-refractivity contribution in [3.63, 3.8) is 0 Å². The van der Waals surface area contributed by atoms with Crippen molar-refractivity contribution in [3.05, 3.63) is 23.8 Å². The molecule has 0 saturated heterocycles. The minimum absolute atomic E-state index is 0.0601. The Labute approximate surface area is 162 Å². The van der Waals surface area contributed by atoms with Crippen molar-refractivity contribution in [2.24, 2.45) is 5.92 Å². The number of ether oxygens (including phenoxy) is 3. The molecular weight excluding hydrogens is 346 g/mol. The third kappa shape index (κ3) is 8.33. The first-order valence-electron chi connectivity index (χ1n) is 9.64. The highest BCUT2D eigenvalue weighted by atomic mass is 16.5. The monoisotopic (exact) mass is 379 g/mol. The van der Waals surface area contributed by atoms with Crippen LogP contribution >= 0.6 is 0 Å². The molecule has 0 fully saturated rings. The average molecular weight is 379 g/mol. The van der Waals surface area contributed by atoms with Gasteiger partial charge in [-0.2, -0.15) is 0 Å². The predicted molar refractivity (Wildman–Crippen MR) is 105 cm³/mol. The number of amides is 1. The van der Waals surface area contributed by atoms with Gasteiger partial charge in [0.25, 0.3) is 0 Å². The molecule has 0 heterocycles. The van der Waals surface area contributed by atoms with Crippen molar-refractivity contribution in [1.29, 1.82) is 0 Å². The highest BCUT2D eigenvalue weighted by Crippen LogP contribution is 2.28. The van der Waals surface area contributed by atoms with Gasteiger partial charge < -0.3 is 19.1 Å². The van der Waals surface area contributed by atoms with Crippen LogP contribution in [0.25, 0.3) is 0 Å². The molecule has 0 spiro atoms. The van der Waals surface area contributed by atoms with Crippen molar-refractivity contribution >= 4 is 11.9 Å².